The third-order valence-electron chi connectivity index (χ3n) is 3.80. The predicted molar refractivity (Wildman–Crippen MR) is 112 cm³/mol. The van der Waals surface area contributed by atoms with Gasteiger partial charge in [-0.2, -0.15) is 0 Å². The highest BCUT2D eigenvalue weighted by Crippen LogP contribution is 2.25. The summed E-state index contributed by atoms with van der Waals surface area (Å²) < 4.78 is 26.6. The van der Waals surface area contributed by atoms with E-state index in [4.69, 9.17) is 0 Å². The number of thiophene rings is 1. The fourth-order valence-corrected chi connectivity index (χ4v) is 3.85. The minimum atomic E-state index is -3.21. The van der Waals surface area contributed by atoms with Gasteiger partial charge in [-0.25, -0.2) is 18.1 Å². The molecule has 2 rings (SSSR count). The number of rotatable bonds is 9. The summed E-state index contributed by atoms with van der Waals surface area (Å²) in [6.45, 7) is 4.24. The van der Waals surface area contributed by atoms with Gasteiger partial charge in [0.2, 0.25) is 10.0 Å². The molecule has 6 nitrogen and oxygen atoms in total. The second kappa shape index (κ2) is 11.3. The minimum absolute atomic E-state index is 0. The van der Waals surface area contributed by atoms with Crippen molar-refractivity contribution in [3.8, 4) is 0 Å². The first kappa shape index (κ1) is 21.7. The molecule has 1 aliphatic carbocycles. The van der Waals surface area contributed by atoms with Crippen LogP contribution in [0.2, 0.25) is 0 Å². The van der Waals surface area contributed by atoms with Crippen LogP contribution in [0.3, 0.4) is 0 Å². The summed E-state index contributed by atoms with van der Waals surface area (Å²) in [6.07, 6.45) is 3.50. The van der Waals surface area contributed by atoms with Crippen LogP contribution in [0.15, 0.2) is 22.5 Å². The van der Waals surface area contributed by atoms with Gasteiger partial charge in [0.05, 0.1) is 12.3 Å². The molecule has 1 aromatic heterocycles. The molecule has 0 bridgehead atoms. The Morgan fingerprint density at radius 1 is 1.38 bits per heavy atom. The van der Waals surface area contributed by atoms with E-state index >= 15 is 0 Å². The number of hydrogen-bond acceptors (Lipinski definition) is 4. The Kier molecular flexibility index (Phi) is 10.2. The highest BCUT2D eigenvalue weighted by molar-refractivity contribution is 14.0. The Bertz CT molecular complexity index is 587. The highest BCUT2D eigenvalue weighted by Gasteiger charge is 2.19. The van der Waals surface area contributed by atoms with Crippen LogP contribution in [-0.4, -0.2) is 39.8 Å². The van der Waals surface area contributed by atoms with Crippen LogP contribution in [0.5, 0.6) is 0 Å². The average molecular weight is 486 g/mol. The number of halogens is 1. The second-order valence-electron chi connectivity index (χ2n) is 5.67. The highest BCUT2D eigenvalue weighted by atomic mass is 127. The van der Waals surface area contributed by atoms with E-state index in [-0.39, 0.29) is 29.7 Å². The van der Waals surface area contributed by atoms with Crippen molar-refractivity contribution in [3.05, 3.63) is 22.4 Å². The molecule has 0 amide bonds. The van der Waals surface area contributed by atoms with Gasteiger partial charge in [0.25, 0.3) is 0 Å². The molecule has 3 N–H and O–H groups in total. The van der Waals surface area contributed by atoms with E-state index in [9.17, 15) is 8.42 Å². The quantitative estimate of drug-likeness (QED) is 0.284. The summed E-state index contributed by atoms with van der Waals surface area (Å²) in [5.41, 5.74) is 0. The van der Waals surface area contributed by atoms with E-state index in [1.807, 2.05) is 24.4 Å². The molecule has 1 fully saturated rings. The molecule has 0 unspecified atom stereocenters. The molecule has 0 radical (unpaired) electrons. The topological polar surface area (TPSA) is 82.6 Å². The lowest BCUT2D eigenvalue weighted by Crippen LogP contribution is -2.42. The number of nitrogens with one attached hydrogen (secondary N) is 3. The molecule has 0 aromatic carbocycles. The van der Waals surface area contributed by atoms with Gasteiger partial charge in [-0.05, 0) is 37.1 Å². The lowest BCUT2D eigenvalue weighted by atomic mass is 9.86. The van der Waals surface area contributed by atoms with Gasteiger partial charge in [-0.15, -0.1) is 35.3 Å². The molecule has 1 aromatic rings. The maximum atomic E-state index is 11.9. The van der Waals surface area contributed by atoms with E-state index in [1.54, 1.807) is 11.3 Å². The number of guanidine groups is 1. The van der Waals surface area contributed by atoms with Crippen molar-refractivity contribution in [2.45, 2.75) is 32.7 Å². The van der Waals surface area contributed by atoms with Crippen LogP contribution in [0.25, 0.3) is 0 Å². The zero-order valence-corrected chi connectivity index (χ0v) is 17.9. The Hall–Kier alpha value is -0.390. The fourth-order valence-electron chi connectivity index (χ4n) is 2.22. The average Bonchev–Trinajstić information content (AvgIpc) is 2.96. The van der Waals surface area contributed by atoms with E-state index in [1.165, 1.54) is 11.3 Å². The fraction of sp³-hybridized carbons (Fsp3) is 0.667. The number of aliphatic imine (C=N–C) groups is 1. The molecule has 0 spiro atoms. The van der Waals surface area contributed by atoms with Gasteiger partial charge >= 0.3 is 0 Å². The van der Waals surface area contributed by atoms with Crippen molar-refractivity contribution in [2.24, 2.45) is 10.9 Å². The van der Waals surface area contributed by atoms with E-state index in [2.05, 4.69) is 20.3 Å². The third-order valence-corrected chi connectivity index (χ3v) is 6.01. The van der Waals surface area contributed by atoms with Crippen molar-refractivity contribution in [2.75, 3.05) is 25.4 Å². The van der Waals surface area contributed by atoms with Gasteiger partial charge in [0.15, 0.2) is 5.96 Å². The summed E-state index contributed by atoms with van der Waals surface area (Å²) in [5, 5.41) is 8.23. The zero-order valence-electron chi connectivity index (χ0n) is 14.0. The van der Waals surface area contributed by atoms with Crippen LogP contribution in [0.1, 0.15) is 31.1 Å². The van der Waals surface area contributed by atoms with Crippen molar-refractivity contribution < 1.29 is 8.42 Å². The van der Waals surface area contributed by atoms with E-state index in [0.29, 0.717) is 31.5 Å². The first-order valence-electron chi connectivity index (χ1n) is 8.11. The molecular formula is C15H27IN4O2S2. The minimum Gasteiger partial charge on any atom is -0.357 e. The van der Waals surface area contributed by atoms with E-state index in [0.717, 1.165) is 19.4 Å². The summed E-state index contributed by atoms with van der Waals surface area (Å²) in [6, 6.07) is 4.03. The monoisotopic (exact) mass is 486 g/mol. The molecule has 9 heteroatoms. The summed E-state index contributed by atoms with van der Waals surface area (Å²) in [4.78, 5) is 5.64. The first-order valence-corrected chi connectivity index (χ1v) is 10.6. The summed E-state index contributed by atoms with van der Waals surface area (Å²) in [5.74, 6) is 1.24. The Morgan fingerprint density at radius 3 is 2.75 bits per heavy atom. The third kappa shape index (κ3) is 8.13. The summed E-state index contributed by atoms with van der Waals surface area (Å²) in [7, 11) is -3.21. The first-order chi connectivity index (χ1) is 11.1. The van der Waals surface area contributed by atoms with Gasteiger partial charge in [-0.3, -0.25) is 0 Å². The zero-order chi connectivity index (χ0) is 16.5. The van der Waals surface area contributed by atoms with Gasteiger partial charge in [0.1, 0.15) is 0 Å². The molecule has 0 atom stereocenters. The predicted octanol–water partition coefficient (Wildman–Crippen LogP) is 2.14. The molecule has 1 saturated carbocycles. The van der Waals surface area contributed by atoms with Gasteiger partial charge in [0, 0.05) is 24.5 Å². The van der Waals surface area contributed by atoms with Crippen molar-refractivity contribution in [1.29, 1.82) is 0 Å². The Morgan fingerprint density at radius 2 is 2.17 bits per heavy atom. The van der Waals surface area contributed by atoms with Crippen LogP contribution < -0.4 is 15.4 Å². The Labute approximate surface area is 166 Å². The maximum absolute atomic E-state index is 11.9. The number of hydrogen-bond donors (Lipinski definition) is 3. The number of sulfonamides is 1. The van der Waals surface area contributed by atoms with Gasteiger partial charge in [-0.1, -0.05) is 12.5 Å². The maximum Gasteiger partial charge on any atom is 0.213 e. The van der Waals surface area contributed by atoms with Crippen molar-refractivity contribution in [1.82, 2.24) is 15.4 Å². The molecule has 1 heterocycles. The van der Waals surface area contributed by atoms with Crippen LogP contribution in [0, 0.1) is 5.92 Å². The molecule has 138 valence electrons. The van der Waals surface area contributed by atoms with Crippen molar-refractivity contribution >= 4 is 51.3 Å². The lowest BCUT2D eigenvalue weighted by molar-refractivity contribution is 0.316. The lowest BCUT2D eigenvalue weighted by Gasteiger charge is -2.25. The summed E-state index contributed by atoms with van der Waals surface area (Å²) >= 11 is 1.66. The van der Waals surface area contributed by atoms with Gasteiger partial charge < -0.3 is 10.6 Å². The van der Waals surface area contributed by atoms with E-state index < -0.39 is 10.0 Å². The number of nitrogens with zero attached hydrogens (tertiary/aromatic N) is 1. The smallest absolute Gasteiger partial charge is 0.213 e. The van der Waals surface area contributed by atoms with Crippen LogP contribution in [-0.2, 0) is 16.6 Å². The molecular weight excluding hydrogens is 459 g/mol. The molecule has 1 aliphatic rings. The molecule has 24 heavy (non-hydrogen) atoms. The Balaban J connectivity index is 0.00000288. The molecule has 0 aliphatic heterocycles. The SMILES string of the molecule is CCNC(=NCc1cccs1)NCCS(=O)(=O)NCC1CCC1.I. The largest absolute Gasteiger partial charge is 0.357 e. The normalized spacial score (nSPS) is 15.5. The second-order valence-corrected chi connectivity index (χ2v) is 8.62. The van der Waals surface area contributed by atoms with Crippen LogP contribution in [0.4, 0.5) is 0 Å². The molecule has 0 saturated heterocycles. The van der Waals surface area contributed by atoms with Crippen LogP contribution >= 0.6 is 35.3 Å². The standard InChI is InChI=1S/C15H26N4O2S2.HI/c1-2-16-15(18-12-14-7-4-9-22-14)17-8-10-23(20,21)19-11-13-5-3-6-13;/h4,7,9,13,19H,2-3,5-6,8,10-12H2,1H3,(H2,16,17,18);1H. The van der Waals surface area contributed by atoms with Crippen molar-refractivity contribution in [3.63, 3.8) is 0 Å².